The molecule has 4 heteroatoms. The van der Waals surface area contributed by atoms with Crippen LogP contribution in [0.2, 0.25) is 0 Å². The first-order chi connectivity index (χ1) is 6.74. The number of allylic oxidation sites excluding steroid dienone is 1. The lowest BCUT2D eigenvalue weighted by atomic mass is 9.99. The van der Waals surface area contributed by atoms with Gasteiger partial charge in [-0.15, -0.1) is 0 Å². The summed E-state index contributed by atoms with van der Waals surface area (Å²) in [6.07, 6.45) is 2.66. The predicted molar refractivity (Wildman–Crippen MR) is 48.6 cm³/mol. The molecule has 0 aromatic carbocycles. The molecule has 14 heavy (non-hydrogen) atoms. The van der Waals surface area contributed by atoms with Crippen LogP contribution in [0.25, 0.3) is 5.76 Å². The zero-order valence-electron chi connectivity index (χ0n) is 7.48. The first-order valence-electron chi connectivity index (χ1n) is 4.04. The molecule has 0 aliphatic heterocycles. The van der Waals surface area contributed by atoms with Gasteiger partial charge in [0.05, 0.1) is 7.11 Å². The quantitative estimate of drug-likeness (QED) is 0.614. The summed E-state index contributed by atoms with van der Waals surface area (Å²) in [4.78, 5) is 26.4. The Labute approximate surface area is 80.2 Å². The van der Waals surface area contributed by atoms with Gasteiger partial charge >= 0.3 is 0 Å². The number of hydrogen-bond donors (Lipinski definition) is 0. The van der Waals surface area contributed by atoms with E-state index in [1.807, 2.05) is 0 Å². The number of hydrogen-bond acceptors (Lipinski definition) is 4. The number of pyridine rings is 1. The molecule has 1 aliphatic carbocycles. The summed E-state index contributed by atoms with van der Waals surface area (Å²) < 4.78 is 4.98. The van der Waals surface area contributed by atoms with Gasteiger partial charge in [0.25, 0.3) is 5.78 Å². The van der Waals surface area contributed by atoms with Crippen molar-refractivity contribution in [2.45, 2.75) is 0 Å². The van der Waals surface area contributed by atoms with E-state index in [0.29, 0.717) is 11.3 Å². The van der Waals surface area contributed by atoms with Crippen molar-refractivity contribution in [3.05, 3.63) is 35.7 Å². The lowest BCUT2D eigenvalue weighted by Gasteiger charge is -2.13. The topological polar surface area (TPSA) is 56.3 Å². The summed E-state index contributed by atoms with van der Waals surface area (Å²) in [6.45, 7) is 0. The van der Waals surface area contributed by atoms with Crippen molar-refractivity contribution in [1.29, 1.82) is 0 Å². The minimum absolute atomic E-state index is 0.164. The van der Waals surface area contributed by atoms with Crippen LogP contribution in [0.4, 0.5) is 0 Å². The van der Waals surface area contributed by atoms with Crippen LogP contribution >= 0.6 is 0 Å². The second-order valence-corrected chi connectivity index (χ2v) is 2.81. The number of nitrogens with zero attached hydrogens (tertiary/aromatic N) is 1. The summed E-state index contributed by atoms with van der Waals surface area (Å²) >= 11 is 0. The number of fused-ring (bicyclic) bond motifs is 1. The molecule has 2 rings (SSSR count). The second kappa shape index (κ2) is 3.06. The van der Waals surface area contributed by atoms with Crippen LogP contribution in [-0.2, 0) is 9.53 Å². The van der Waals surface area contributed by atoms with Gasteiger partial charge in [0.1, 0.15) is 11.5 Å². The maximum Gasteiger partial charge on any atom is 0.252 e. The van der Waals surface area contributed by atoms with Gasteiger partial charge in [-0.05, 0) is 12.1 Å². The molecule has 0 radical (unpaired) electrons. The molecule has 70 valence electrons. The third-order valence-corrected chi connectivity index (χ3v) is 1.99. The second-order valence-electron chi connectivity index (χ2n) is 2.81. The van der Waals surface area contributed by atoms with E-state index in [1.165, 1.54) is 19.4 Å². The highest BCUT2D eigenvalue weighted by Gasteiger charge is 2.27. The van der Waals surface area contributed by atoms with Gasteiger partial charge in [0, 0.05) is 17.8 Å². The van der Waals surface area contributed by atoms with Gasteiger partial charge in [-0.1, -0.05) is 0 Å². The van der Waals surface area contributed by atoms with Crippen LogP contribution in [0.1, 0.15) is 16.1 Å². The van der Waals surface area contributed by atoms with Crippen LogP contribution in [0.15, 0.2) is 24.4 Å². The fourth-order valence-electron chi connectivity index (χ4n) is 1.33. The molecular weight excluding hydrogens is 182 g/mol. The maximum absolute atomic E-state index is 11.4. The molecule has 1 aromatic heterocycles. The van der Waals surface area contributed by atoms with Crippen molar-refractivity contribution in [2.75, 3.05) is 7.11 Å². The lowest BCUT2D eigenvalue weighted by molar-refractivity contribution is -0.111. The highest BCUT2D eigenvalue weighted by atomic mass is 16.5. The summed E-state index contributed by atoms with van der Waals surface area (Å²) in [5.41, 5.74) is 0.733. The van der Waals surface area contributed by atoms with E-state index in [0.717, 1.165) is 0 Å². The van der Waals surface area contributed by atoms with Crippen LogP contribution in [-0.4, -0.2) is 23.7 Å². The number of aromatic nitrogens is 1. The average Bonchev–Trinajstić information content (AvgIpc) is 2.23. The predicted octanol–water partition coefficient (Wildman–Crippen LogP) is 0.834. The molecule has 0 spiro atoms. The van der Waals surface area contributed by atoms with Crippen molar-refractivity contribution < 1.29 is 14.3 Å². The monoisotopic (exact) mass is 189 g/mol. The molecule has 1 aliphatic rings. The van der Waals surface area contributed by atoms with E-state index >= 15 is 0 Å². The molecule has 0 amide bonds. The van der Waals surface area contributed by atoms with Gasteiger partial charge in [-0.25, -0.2) is 0 Å². The summed E-state index contributed by atoms with van der Waals surface area (Å²) in [6, 6.07) is 3.39. The Balaban J connectivity index is 2.66. The molecule has 0 N–H and O–H groups in total. The Bertz CT molecular complexity index is 448. The Hall–Kier alpha value is -1.97. The smallest absolute Gasteiger partial charge is 0.252 e. The van der Waals surface area contributed by atoms with Gasteiger partial charge < -0.3 is 4.74 Å². The molecule has 4 nitrogen and oxygen atoms in total. The number of carbonyl (C=O) groups excluding carboxylic acids is 2. The normalized spacial score (nSPS) is 14.8. The number of Topliss-reactive ketones (excluding diaryl/α,β-unsaturated/α-hetero) is 1. The SMILES string of the molecule is COC1=CC(=O)C(=O)c2ncccc21. The standard InChI is InChI=1S/C10H7NO3/c1-14-8-5-7(12)10(13)9-6(8)3-2-4-11-9/h2-5H,1H3. The van der Waals surface area contributed by atoms with Crippen molar-refractivity contribution in [3.63, 3.8) is 0 Å². The number of carbonyl (C=O) groups is 2. The van der Waals surface area contributed by atoms with E-state index in [1.54, 1.807) is 12.1 Å². The largest absolute Gasteiger partial charge is 0.496 e. The molecule has 0 bridgehead atoms. The number of ketones is 2. The van der Waals surface area contributed by atoms with E-state index in [2.05, 4.69) is 4.98 Å². The minimum atomic E-state index is -0.590. The molecule has 1 heterocycles. The first-order valence-corrected chi connectivity index (χ1v) is 4.04. The van der Waals surface area contributed by atoms with Gasteiger partial charge in [0.2, 0.25) is 5.78 Å². The van der Waals surface area contributed by atoms with Gasteiger partial charge in [0.15, 0.2) is 0 Å². The molecule has 1 aromatic rings. The summed E-state index contributed by atoms with van der Waals surface area (Å²) in [5.74, 6) is -0.785. The minimum Gasteiger partial charge on any atom is -0.496 e. The molecule has 0 saturated carbocycles. The Morgan fingerprint density at radius 2 is 2.14 bits per heavy atom. The highest BCUT2D eigenvalue weighted by Crippen LogP contribution is 2.23. The average molecular weight is 189 g/mol. The number of ether oxygens (including phenoxy) is 1. The molecular formula is C10H7NO3. The van der Waals surface area contributed by atoms with E-state index in [9.17, 15) is 9.59 Å². The fourth-order valence-corrected chi connectivity index (χ4v) is 1.33. The van der Waals surface area contributed by atoms with E-state index in [4.69, 9.17) is 4.74 Å². The van der Waals surface area contributed by atoms with Crippen molar-refractivity contribution in [2.24, 2.45) is 0 Å². The molecule has 0 unspecified atom stereocenters. The fraction of sp³-hybridized carbons (Fsp3) is 0.100. The van der Waals surface area contributed by atoms with Crippen LogP contribution in [0.5, 0.6) is 0 Å². The van der Waals surface area contributed by atoms with Crippen molar-refractivity contribution in [3.8, 4) is 0 Å². The molecule has 0 fully saturated rings. The Kier molecular flexibility index (Phi) is 1.89. The zero-order chi connectivity index (χ0) is 10.1. The first kappa shape index (κ1) is 8.62. The van der Waals surface area contributed by atoms with E-state index in [-0.39, 0.29) is 5.69 Å². The number of methoxy groups -OCH3 is 1. The van der Waals surface area contributed by atoms with Gasteiger partial charge in [-0.2, -0.15) is 0 Å². The van der Waals surface area contributed by atoms with Crippen molar-refractivity contribution in [1.82, 2.24) is 4.98 Å². The van der Waals surface area contributed by atoms with Crippen LogP contribution in [0, 0.1) is 0 Å². The van der Waals surface area contributed by atoms with E-state index < -0.39 is 11.6 Å². The van der Waals surface area contributed by atoms with Crippen LogP contribution in [0.3, 0.4) is 0 Å². The summed E-state index contributed by atoms with van der Waals surface area (Å²) in [7, 11) is 1.45. The third-order valence-electron chi connectivity index (χ3n) is 1.99. The highest BCUT2D eigenvalue weighted by molar-refractivity contribution is 6.49. The Morgan fingerprint density at radius 3 is 2.86 bits per heavy atom. The van der Waals surface area contributed by atoms with Crippen molar-refractivity contribution >= 4 is 17.3 Å². The zero-order valence-corrected chi connectivity index (χ0v) is 7.48. The maximum atomic E-state index is 11.4. The lowest BCUT2D eigenvalue weighted by Crippen LogP contribution is -2.20. The van der Waals surface area contributed by atoms with Gasteiger partial charge in [-0.3, -0.25) is 14.6 Å². The molecule has 0 saturated heterocycles. The van der Waals surface area contributed by atoms with Crippen LogP contribution < -0.4 is 0 Å². The summed E-state index contributed by atoms with van der Waals surface area (Å²) in [5, 5.41) is 0. The molecule has 0 atom stereocenters. The third kappa shape index (κ3) is 1.12. The number of rotatable bonds is 1. The Morgan fingerprint density at radius 1 is 1.36 bits per heavy atom.